The molecule has 0 atom stereocenters. The molecule has 22 heteroatoms. The maximum Gasteiger partial charge on any atom is 0.381 e. The monoisotopic (exact) mass is 1970 g/mol. The van der Waals surface area contributed by atoms with Crippen molar-refractivity contribution in [1.82, 2.24) is 59.1 Å². The van der Waals surface area contributed by atoms with Crippen molar-refractivity contribution < 1.29 is 107 Å². The molecule has 9 rings (SSSR count). The minimum atomic E-state index is -4.35. The van der Waals surface area contributed by atoms with Crippen LogP contribution in [0.25, 0.3) is 51.2 Å². The Morgan fingerprint density at radius 1 is 0.429 bits per heavy atom. The molecule has 502 valence electrons. The molecule has 4 aromatic heterocycles. The average Bonchev–Trinajstić information content (AvgIpc) is 2.22. The Balaban J connectivity index is 0.000000408. The van der Waals surface area contributed by atoms with Gasteiger partial charge in [-0.1, -0.05) is 117 Å². The number of unbranched alkanes of at least 4 members (excludes halogenated alkanes) is 9. The van der Waals surface area contributed by atoms with Crippen molar-refractivity contribution in [3.63, 3.8) is 0 Å². The number of hydrogen-bond donors (Lipinski definition) is 0. The summed E-state index contributed by atoms with van der Waals surface area (Å²) in [4.78, 5) is 18.1. The Kier molecular flexibility index (Phi) is 38.7. The van der Waals surface area contributed by atoms with E-state index in [4.69, 9.17) is 0 Å². The molecule has 0 unspecified atom stereocenters. The van der Waals surface area contributed by atoms with Gasteiger partial charge in [0.05, 0.1) is 29.0 Å². The summed E-state index contributed by atoms with van der Waals surface area (Å²) >= 11 is 0. The van der Waals surface area contributed by atoms with Gasteiger partial charge < -0.3 is 0 Å². The van der Waals surface area contributed by atoms with Gasteiger partial charge in [0.25, 0.3) is 0 Å². The van der Waals surface area contributed by atoms with Crippen LogP contribution in [-0.4, -0.2) is 59.1 Å². The number of hydrogen-bond acceptors (Lipinski definition) is 8. The Labute approximate surface area is 588 Å². The van der Waals surface area contributed by atoms with Crippen LogP contribution in [0.5, 0.6) is 0 Å². The summed E-state index contributed by atoms with van der Waals surface area (Å²) in [5, 5.41) is 18.1. The number of alkyl halides is 3. The largest absolute Gasteiger partial charge is 0.381 e. The number of benzene rings is 5. The van der Waals surface area contributed by atoms with Gasteiger partial charge in [-0.25, -0.2) is 20.0 Å². The zero-order valence-corrected chi connectivity index (χ0v) is 63.1. The molecule has 0 aliphatic rings. The molecule has 0 aliphatic heterocycles. The van der Waals surface area contributed by atoms with E-state index in [0.717, 1.165) is 155 Å². The third-order valence-electron chi connectivity index (χ3n) is 14.0. The SMILES string of the molecule is CCCCCCn1nc(-c2[c-]cc(C(F)(F)F)cc2)nc1CCC.CCCCCCn1nc(-c2[c-]cc(F)cc2)nc1CCC.CCCCCCn1nc(-c2[c-]cc(F)cc2F)nc1CCC.Cc1cc(C)cc(-n2nc(-c3[c-]cccc3)nc2C)c1.[Ir].[Ir].[Ir].[Ir]. The molecule has 0 N–H and O–H groups in total. The predicted octanol–water partition coefficient (Wildman–Crippen LogP) is 17.9. The molecule has 4 heterocycles. The molecule has 9 aromatic rings. The first kappa shape index (κ1) is 81.9. The molecule has 0 bridgehead atoms. The minimum Gasteiger partial charge on any atom is -0.265 e. The molecule has 12 nitrogen and oxygen atoms in total. The standard InChI is InChI=1S/C18H23F3N3.C17H22F2N3.C17H23FN3.C17H16N3.4Ir/c1-3-5-6-7-13-24-16(8-4-2)22-17(23-24)14-9-11-15(12-10-14)18(19,20)21;1-3-5-6-7-11-22-16(8-4-2)20-17(21-22)14-10-9-13(18)12-15(14)19;1-3-5-6-7-13-21-16(8-4-2)19-17(20-21)14-9-11-15(18)12-10-14;1-12-9-13(2)11-16(10-12)20-14(3)18-17(19-20)15-7-5-4-6-8-15;;;;/h9,11-12H,3-8,13H2,1-2H3;9,12H,3-8,11H2,1-2H3;9,11-12H,3-8,13H2,1-2H3;4-7,9-11H,1-3H3;;;;/q4*-1;;;;. The predicted molar refractivity (Wildman–Crippen MR) is 332 cm³/mol. The van der Waals surface area contributed by atoms with Crippen LogP contribution in [0.2, 0.25) is 0 Å². The first-order valence-electron chi connectivity index (χ1n) is 30.9. The molecular formula is C69H84F6Ir4N12-4. The number of aromatic nitrogens is 12. The summed E-state index contributed by atoms with van der Waals surface area (Å²) in [6, 6.07) is 35.2. The van der Waals surface area contributed by atoms with Gasteiger partial charge >= 0.3 is 6.18 Å². The average molecular weight is 1960 g/mol. The molecule has 5 aromatic carbocycles. The zero-order chi connectivity index (χ0) is 62.7. The Morgan fingerprint density at radius 3 is 1.30 bits per heavy atom. The minimum absolute atomic E-state index is 0. The van der Waals surface area contributed by atoms with Crippen LogP contribution >= 0.6 is 0 Å². The normalized spacial score (nSPS) is 10.7. The van der Waals surface area contributed by atoms with Gasteiger partial charge in [0.15, 0.2) is 0 Å². The van der Waals surface area contributed by atoms with Gasteiger partial charge in [0.2, 0.25) is 0 Å². The van der Waals surface area contributed by atoms with Gasteiger partial charge in [-0.05, 0) is 88.1 Å². The topological polar surface area (TPSA) is 123 Å². The van der Waals surface area contributed by atoms with Crippen LogP contribution in [0.3, 0.4) is 0 Å². The molecule has 0 saturated heterocycles. The molecule has 91 heavy (non-hydrogen) atoms. The van der Waals surface area contributed by atoms with Crippen molar-refractivity contribution in [3.05, 3.63) is 173 Å². The summed E-state index contributed by atoms with van der Waals surface area (Å²) in [7, 11) is 0. The van der Waals surface area contributed by atoms with Crippen LogP contribution in [-0.2, 0) is 125 Å². The maximum absolute atomic E-state index is 13.9. The van der Waals surface area contributed by atoms with E-state index in [1.807, 2.05) is 49.9 Å². The smallest absolute Gasteiger partial charge is 0.265 e. The molecular weight excluding hydrogens is 1880 g/mol. The Hall–Kier alpha value is -5.16. The van der Waals surface area contributed by atoms with E-state index in [2.05, 4.69) is 138 Å². The van der Waals surface area contributed by atoms with E-state index >= 15 is 0 Å². The molecule has 0 amide bonds. The molecule has 4 radical (unpaired) electrons. The first-order chi connectivity index (χ1) is 42.0. The number of aryl methyl sites for hydroxylation is 9. The van der Waals surface area contributed by atoms with Crippen molar-refractivity contribution in [3.8, 4) is 51.2 Å². The quantitative estimate of drug-likeness (QED) is 0.0298. The second kappa shape index (κ2) is 42.9. The summed E-state index contributed by atoms with van der Waals surface area (Å²) in [5.74, 6) is 4.12. The summed E-state index contributed by atoms with van der Waals surface area (Å²) in [6.45, 7) is 21.5. The number of halogens is 6. The molecule has 0 saturated carbocycles. The second-order valence-electron chi connectivity index (χ2n) is 21.6. The Bertz CT molecular complexity index is 3440. The maximum atomic E-state index is 13.9. The second-order valence-corrected chi connectivity index (χ2v) is 21.6. The zero-order valence-electron chi connectivity index (χ0n) is 53.5. The first-order valence-corrected chi connectivity index (χ1v) is 30.9. The van der Waals surface area contributed by atoms with Crippen molar-refractivity contribution in [2.24, 2.45) is 0 Å². The molecule has 0 fully saturated rings. The van der Waals surface area contributed by atoms with Crippen LogP contribution in [0.15, 0.2) is 91.0 Å². The van der Waals surface area contributed by atoms with Gasteiger partial charge in [0, 0.05) is 137 Å². The van der Waals surface area contributed by atoms with Gasteiger partial charge in [-0.2, -0.15) is 18.3 Å². The fourth-order valence-electron chi connectivity index (χ4n) is 9.54. The summed E-state index contributed by atoms with van der Waals surface area (Å²) in [6.07, 6.45) is 15.0. The van der Waals surface area contributed by atoms with Crippen LogP contribution in [0.1, 0.15) is 178 Å². The van der Waals surface area contributed by atoms with Crippen LogP contribution in [0, 0.1) is 62.5 Å². The summed E-state index contributed by atoms with van der Waals surface area (Å²) < 4.78 is 85.4. The van der Waals surface area contributed by atoms with E-state index in [-0.39, 0.29) is 97.6 Å². The Morgan fingerprint density at radius 2 is 0.879 bits per heavy atom. The fourth-order valence-corrected chi connectivity index (χ4v) is 9.54. The van der Waals surface area contributed by atoms with E-state index in [1.165, 1.54) is 74.3 Å². The van der Waals surface area contributed by atoms with Gasteiger partial charge in [-0.3, -0.25) is 47.2 Å². The number of rotatable bonds is 26. The molecule has 0 aliphatic carbocycles. The number of nitrogens with zero attached hydrogens (tertiary/aromatic N) is 12. The van der Waals surface area contributed by atoms with Crippen molar-refractivity contribution in [2.45, 2.75) is 204 Å². The van der Waals surface area contributed by atoms with Crippen molar-refractivity contribution >= 4 is 0 Å². The van der Waals surface area contributed by atoms with Crippen LogP contribution < -0.4 is 0 Å². The van der Waals surface area contributed by atoms with Crippen LogP contribution in [0.4, 0.5) is 26.3 Å². The molecule has 0 spiro atoms. The third kappa shape index (κ3) is 26.3. The van der Waals surface area contributed by atoms with Crippen molar-refractivity contribution in [1.29, 1.82) is 0 Å². The van der Waals surface area contributed by atoms with E-state index < -0.39 is 23.4 Å². The van der Waals surface area contributed by atoms with Gasteiger partial charge in [-0.15, -0.1) is 108 Å². The van der Waals surface area contributed by atoms with E-state index in [0.29, 0.717) is 23.0 Å². The fraction of sp³-hybridized carbons (Fsp3) is 0.449. The summed E-state index contributed by atoms with van der Waals surface area (Å²) in [5.41, 5.74) is 5.08. The van der Waals surface area contributed by atoms with Crippen molar-refractivity contribution in [2.75, 3.05) is 0 Å². The van der Waals surface area contributed by atoms with E-state index in [1.54, 1.807) is 6.07 Å². The van der Waals surface area contributed by atoms with E-state index in [9.17, 15) is 26.3 Å². The van der Waals surface area contributed by atoms with Gasteiger partial charge in [0.1, 0.15) is 23.3 Å². The third-order valence-corrected chi connectivity index (χ3v) is 14.0.